The smallest absolute Gasteiger partial charge is 0.187 e. The van der Waals surface area contributed by atoms with Gasteiger partial charge in [-0.2, -0.15) is 9.61 Å². The summed E-state index contributed by atoms with van der Waals surface area (Å²) < 4.78 is 1.63. The van der Waals surface area contributed by atoms with Gasteiger partial charge in [-0.1, -0.05) is 11.6 Å². The topological polar surface area (TPSA) is 69.1 Å². The maximum atomic E-state index is 5.95. The summed E-state index contributed by atoms with van der Waals surface area (Å²) in [5.41, 5.74) is 7.89. The first-order valence-corrected chi connectivity index (χ1v) is 5.35. The summed E-state index contributed by atoms with van der Waals surface area (Å²) in [6.45, 7) is 0. The molecule has 0 saturated carbocycles. The van der Waals surface area contributed by atoms with E-state index in [0.29, 0.717) is 22.2 Å². The number of aromatic nitrogens is 4. The quantitative estimate of drug-likeness (QED) is 0.666. The van der Waals surface area contributed by atoms with E-state index in [1.807, 2.05) is 6.07 Å². The number of nitrogens with two attached hydrogens (primary N) is 1. The first kappa shape index (κ1) is 10.0. The van der Waals surface area contributed by atoms with Gasteiger partial charge in [0.25, 0.3) is 0 Å². The first-order valence-electron chi connectivity index (χ1n) is 4.97. The zero-order valence-corrected chi connectivity index (χ0v) is 9.46. The van der Waals surface area contributed by atoms with Crippen LogP contribution in [0.15, 0.2) is 36.5 Å². The highest BCUT2D eigenvalue weighted by atomic mass is 35.5. The maximum absolute atomic E-state index is 5.95. The summed E-state index contributed by atoms with van der Waals surface area (Å²) in [6.07, 6.45) is 1.67. The second-order valence-electron chi connectivity index (χ2n) is 3.55. The summed E-state index contributed by atoms with van der Waals surface area (Å²) in [5.74, 6) is 0.584. The van der Waals surface area contributed by atoms with Crippen LogP contribution in [0.1, 0.15) is 0 Å². The molecule has 0 fully saturated rings. The average molecular weight is 246 g/mol. The molecule has 6 heteroatoms. The molecule has 0 radical (unpaired) electrons. The van der Waals surface area contributed by atoms with Gasteiger partial charge in [-0.15, -0.1) is 10.2 Å². The second-order valence-corrected chi connectivity index (χ2v) is 3.99. The van der Waals surface area contributed by atoms with Crippen LogP contribution >= 0.6 is 11.6 Å². The Morgan fingerprint density at radius 2 is 2.06 bits per heavy atom. The van der Waals surface area contributed by atoms with Crippen LogP contribution in [-0.4, -0.2) is 19.8 Å². The third kappa shape index (κ3) is 1.60. The Hall–Kier alpha value is -2.14. The van der Waals surface area contributed by atoms with E-state index >= 15 is 0 Å². The van der Waals surface area contributed by atoms with Crippen LogP contribution in [0.5, 0.6) is 0 Å². The van der Waals surface area contributed by atoms with E-state index in [4.69, 9.17) is 17.3 Å². The van der Waals surface area contributed by atoms with Crippen LogP contribution in [0.3, 0.4) is 0 Å². The number of benzene rings is 1. The third-order valence-corrected chi connectivity index (χ3v) is 2.67. The van der Waals surface area contributed by atoms with Crippen molar-refractivity contribution in [1.29, 1.82) is 0 Å². The SMILES string of the molecule is Nc1ccc(Cl)cc1-c1nnc2cccnn12. The van der Waals surface area contributed by atoms with Crippen molar-refractivity contribution in [2.24, 2.45) is 0 Å². The molecule has 3 aromatic rings. The summed E-state index contributed by atoms with van der Waals surface area (Å²) >= 11 is 5.95. The average Bonchev–Trinajstić information content (AvgIpc) is 2.76. The highest BCUT2D eigenvalue weighted by Crippen LogP contribution is 2.27. The Kier molecular flexibility index (Phi) is 2.19. The number of hydrogen-bond acceptors (Lipinski definition) is 4. The number of nitrogens with zero attached hydrogens (tertiary/aromatic N) is 4. The van der Waals surface area contributed by atoms with Crippen LogP contribution < -0.4 is 5.73 Å². The summed E-state index contributed by atoms with van der Waals surface area (Å²) in [4.78, 5) is 0. The molecule has 17 heavy (non-hydrogen) atoms. The molecule has 0 aliphatic heterocycles. The van der Waals surface area contributed by atoms with E-state index in [-0.39, 0.29) is 0 Å². The number of nitrogen functional groups attached to an aromatic ring is 1. The lowest BCUT2D eigenvalue weighted by Crippen LogP contribution is -1.97. The van der Waals surface area contributed by atoms with Crippen molar-refractivity contribution in [3.05, 3.63) is 41.6 Å². The molecule has 1 aromatic carbocycles. The molecule has 3 rings (SSSR count). The van der Waals surface area contributed by atoms with Crippen molar-refractivity contribution >= 4 is 22.9 Å². The molecule has 0 aliphatic carbocycles. The van der Waals surface area contributed by atoms with Gasteiger partial charge in [0.2, 0.25) is 0 Å². The van der Waals surface area contributed by atoms with Crippen molar-refractivity contribution in [1.82, 2.24) is 19.8 Å². The van der Waals surface area contributed by atoms with Crippen LogP contribution in [-0.2, 0) is 0 Å². The van der Waals surface area contributed by atoms with Crippen molar-refractivity contribution < 1.29 is 0 Å². The van der Waals surface area contributed by atoms with Crippen molar-refractivity contribution in [2.45, 2.75) is 0 Å². The minimum absolute atomic E-state index is 0.584. The van der Waals surface area contributed by atoms with E-state index in [9.17, 15) is 0 Å². The number of halogens is 1. The molecule has 0 amide bonds. The fourth-order valence-electron chi connectivity index (χ4n) is 1.63. The lowest BCUT2D eigenvalue weighted by Gasteiger charge is -2.03. The van der Waals surface area contributed by atoms with Gasteiger partial charge in [0.1, 0.15) is 0 Å². The summed E-state index contributed by atoms with van der Waals surface area (Å²) in [5, 5.41) is 12.9. The zero-order valence-electron chi connectivity index (χ0n) is 8.71. The van der Waals surface area contributed by atoms with Gasteiger partial charge in [-0.05, 0) is 30.3 Å². The molecular weight excluding hydrogens is 238 g/mol. The Morgan fingerprint density at radius 3 is 2.94 bits per heavy atom. The van der Waals surface area contributed by atoms with Gasteiger partial charge in [0, 0.05) is 22.5 Å². The summed E-state index contributed by atoms with van der Waals surface area (Å²) in [7, 11) is 0. The Labute approximate surface area is 102 Å². The molecular formula is C11H8ClN5. The van der Waals surface area contributed by atoms with Gasteiger partial charge in [-0.25, -0.2) is 0 Å². The van der Waals surface area contributed by atoms with Gasteiger partial charge in [0.15, 0.2) is 11.5 Å². The zero-order chi connectivity index (χ0) is 11.8. The second kappa shape index (κ2) is 3.71. The lowest BCUT2D eigenvalue weighted by molar-refractivity contribution is 0.936. The van der Waals surface area contributed by atoms with Gasteiger partial charge < -0.3 is 5.73 Å². The fourth-order valence-corrected chi connectivity index (χ4v) is 1.81. The normalized spacial score (nSPS) is 10.9. The summed E-state index contributed by atoms with van der Waals surface area (Å²) in [6, 6.07) is 8.85. The molecule has 0 unspecified atom stereocenters. The van der Waals surface area contributed by atoms with E-state index in [1.165, 1.54) is 0 Å². The minimum atomic E-state index is 0.584. The van der Waals surface area contributed by atoms with Crippen molar-refractivity contribution in [3.63, 3.8) is 0 Å². The molecule has 2 N–H and O–H groups in total. The van der Waals surface area contributed by atoms with Crippen molar-refractivity contribution in [2.75, 3.05) is 5.73 Å². The van der Waals surface area contributed by atoms with E-state index in [1.54, 1.807) is 35.0 Å². The van der Waals surface area contributed by atoms with Gasteiger partial charge >= 0.3 is 0 Å². The molecule has 0 spiro atoms. The maximum Gasteiger partial charge on any atom is 0.187 e. The largest absolute Gasteiger partial charge is 0.398 e. The van der Waals surface area contributed by atoms with Crippen LogP contribution in [0.2, 0.25) is 5.02 Å². The Morgan fingerprint density at radius 1 is 1.18 bits per heavy atom. The van der Waals surface area contributed by atoms with Gasteiger partial charge in [0.05, 0.1) is 0 Å². The van der Waals surface area contributed by atoms with Crippen LogP contribution in [0, 0.1) is 0 Å². The van der Waals surface area contributed by atoms with Crippen LogP contribution in [0.4, 0.5) is 5.69 Å². The molecule has 0 aliphatic rings. The minimum Gasteiger partial charge on any atom is -0.398 e. The molecule has 2 heterocycles. The number of hydrogen-bond donors (Lipinski definition) is 1. The fraction of sp³-hybridized carbons (Fsp3) is 0. The van der Waals surface area contributed by atoms with E-state index in [0.717, 1.165) is 5.56 Å². The van der Waals surface area contributed by atoms with Gasteiger partial charge in [-0.3, -0.25) is 0 Å². The lowest BCUT2D eigenvalue weighted by atomic mass is 10.2. The van der Waals surface area contributed by atoms with E-state index < -0.39 is 0 Å². The molecule has 0 bridgehead atoms. The highest BCUT2D eigenvalue weighted by molar-refractivity contribution is 6.31. The monoisotopic (exact) mass is 245 g/mol. The third-order valence-electron chi connectivity index (χ3n) is 2.43. The van der Waals surface area contributed by atoms with Crippen LogP contribution in [0.25, 0.3) is 17.0 Å². The predicted octanol–water partition coefficient (Wildman–Crippen LogP) is 2.03. The number of rotatable bonds is 1. The molecule has 2 aromatic heterocycles. The van der Waals surface area contributed by atoms with E-state index in [2.05, 4.69) is 15.3 Å². The molecule has 0 atom stereocenters. The Balaban J connectivity index is 2.31. The molecule has 84 valence electrons. The molecule has 5 nitrogen and oxygen atoms in total. The number of anilines is 1. The molecule has 0 saturated heterocycles. The first-order chi connectivity index (χ1) is 8.25. The Bertz CT molecular complexity index is 691. The van der Waals surface area contributed by atoms with Crippen molar-refractivity contribution in [3.8, 4) is 11.4 Å². The highest BCUT2D eigenvalue weighted by Gasteiger charge is 2.11. The number of fused-ring (bicyclic) bond motifs is 1. The predicted molar refractivity (Wildman–Crippen MR) is 65.6 cm³/mol. The standard InChI is InChI=1S/C11H8ClN5/c12-7-3-4-9(13)8(6-7)11-16-15-10-2-1-5-14-17(10)11/h1-6H,13H2.